The molecule has 1 aromatic carbocycles. The molecule has 0 saturated carbocycles. The maximum atomic E-state index is 12.9. The first-order valence-corrected chi connectivity index (χ1v) is 5.91. The minimum Gasteiger partial charge on any atom is -0.325 e. The molecule has 2 rings (SSSR count). The highest BCUT2D eigenvalue weighted by Gasteiger charge is 2.38. The van der Waals surface area contributed by atoms with Crippen LogP contribution in [0.4, 0.5) is 14.5 Å². The first-order chi connectivity index (χ1) is 8.44. The van der Waals surface area contributed by atoms with E-state index < -0.39 is 5.92 Å². The van der Waals surface area contributed by atoms with E-state index in [1.165, 1.54) is 4.90 Å². The zero-order valence-electron chi connectivity index (χ0n) is 10.2. The molecule has 1 aliphatic heterocycles. The lowest BCUT2D eigenvalue weighted by Gasteiger charge is -2.15. The van der Waals surface area contributed by atoms with Gasteiger partial charge in [-0.25, -0.2) is 8.78 Å². The van der Waals surface area contributed by atoms with Gasteiger partial charge in [0.05, 0.1) is 13.1 Å². The number of hydrogen-bond donors (Lipinski definition) is 1. The number of aryl methyl sites for hydroxylation is 1. The molecule has 0 unspecified atom stereocenters. The van der Waals surface area contributed by atoms with Crippen molar-refractivity contribution in [2.75, 3.05) is 25.0 Å². The Labute approximate surface area is 105 Å². The normalized spacial score (nSPS) is 18.8. The summed E-state index contributed by atoms with van der Waals surface area (Å²) in [6.45, 7) is 1.92. The van der Waals surface area contributed by atoms with Gasteiger partial charge in [0, 0.05) is 18.7 Å². The molecule has 0 atom stereocenters. The summed E-state index contributed by atoms with van der Waals surface area (Å²) in [6.07, 6.45) is -0.162. The SMILES string of the molecule is Cc1ccc(NC(=O)CN2CCC(F)(F)C2)cc1. The van der Waals surface area contributed by atoms with Crippen molar-refractivity contribution in [3.8, 4) is 0 Å². The number of carbonyl (C=O) groups is 1. The Bertz CT molecular complexity index is 431. The summed E-state index contributed by atoms with van der Waals surface area (Å²) < 4.78 is 25.9. The molecule has 1 aliphatic rings. The van der Waals surface area contributed by atoms with Crippen molar-refractivity contribution < 1.29 is 13.6 Å². The third-order valence-electron chi connectivity index (χ3n) is 2.95. The van der Waals surface area contributed by atoms with Crippen molar-refractivity contribution in [3.63, 3.8) is 0 Å². The molecule has 0 aliphatic carbocycles. The Morgan fingerprint density at radius 3 is 2.61 bits per heavy atom. The molecule has 0 bridgehead atoms. The molecule has 1 N–H and O–H groups in total. The molecule has 1 amide bonds. The summed E-state index contributed by atoms with van der Waals surface area (Å²) in [7, 11) is 0. The lowest BCUT2D eigenvalue weighted by atomic mass is 10.2. The quantitative estimate of drug-likeness (QED) is 0.897. The monoisotopic (exact) mass is 254 g/mol. The van der Waals surface area contributed by atoms with Gasteiger partial charge in [-0.3, -0.25) is 9.69 Å². The van der Waals surface area contributed by atoms with Crippen molar-refractivity contribution in [1.29, 1.82) is 0 Å². The van der Waals surface area contributed by atoms with Crippen LogP contribution in [-0.2, 0) is 4.79 Å². The zero-order valence-corrected chi connectivity index (χ0v) is 10.2. The maximum absolute atomic E-state index is 12.9. The summed E-state index contributed by atoms with van der Waals surface area (Å²) >= 11 is 0. The van der Waals surface area contributed by atoms with Gasteiger partial charge in [0.25, 0.3) is 5.92 Å². The van der Waals surface area contributed by atoms with Gasteiger partial charge in [-0.15, -0.1) is 0 Å². The van der Waals surface area contributed by atoms with E-state index in [1.807, 2.05) is 19.1 Å². The second-order valence-corrected chi connectivity index (χ2v) is 4.73. The molecule has 3 nitrogen and oxygen atoms in total. The number of carbonyl (C=O) groups excluding carboxylic acids is 1. The minimum atomic E-state index is -2.65. The van der Waals surface area contributed by atoms with Gasteiger partial charge >= 0.3 is 0 Å². The lowest BCUT2D eigenvalue weighted by Crippen LogP contribution is -2.33. The molecule has 1 aromatic rings. The summed E-state index contributed by atoms with van der Waals surface area (Å²) in [4.78, 5) is 13.1. The highest BCUT2D eigenvalue weighted by molar-refractivity contribution is 5.92. The maximum Gasteiger partial charge on any atom is 0.261 e. The number of amides is 1. The van der Waals surface area contributed by atoms with Gasteiger partial charge in [0.2, 0.25) is 5.91 Å². The number of nitrogens with zero attached hydrogens (tertiary/aromatic N) is 1. The topological polar surface area (TPSA) is 32.3 Å². The fourth-order valence-corrected chi connectivity index (χ4v) is 1.98. The van der Waals surface area contributed by atoms with E-state index in [0.717, 1.165) is 5.56 Å². The zero-order chi connectivity index (χ0) is 13.2. The number of nitrogens with one attached hydrogen (secondary N) is 1. The fourth-order valence-electron chi connectivity index (χ4n) is 1.98. The highest BCUT2D eigenvalue weighted by Crippen LogP contribution is 2.26. The molecule has 0 spiro atoms. The Morgan fingerprint density at radius 2 is 2.06 bits per heavy atom. The number of hydrogen-bond acceptors (Lipinski definition) is 2. The summed E-state index contributed by atoms with van der Waals surface area (Å²) in [6, 6.07) is 7.37. The molecule has 1 heterocycles. The summed E-state index contributed by atoms with van der Waals surface area (Å²) in [5.74, 6) is -2.90. The van der Waals surface area contributed by atoms with E-state index in [9.17, 15) is 13.6 Å². The Balaban J connectivity index is 1.84. The van der Waals surface area contributed by atoms with Crippen LogP contribution in [0, 0.1) is 6.92 Å². The third kappa shape index (κ3) is 3.50. The highest BCUT2D eigenvalue weighted by atomic mass is 19.3. The van der Waals surface area contributed by atoms with Gasteiger partial charge in [-0.05, 0) is 19.1 Å². The Hall–Kier alpha value is -1.49. The molecule has 5 heteroatoms. The van der Waals surface area contributed by atoms with Crippen LogP contribution in [0.3, 0.4) is 0 Å². The van der Waals surface area contributed by atoms with Crippen molar-refractivity contribution in [2.24, 2.45) is 0 Å². The van der Waals surface area contributed by atoms with E-state index >= 15 is 0 Å². The van der Waals surface area contributed by atoms with Crippen LogP contribution < -0.4 is 5.32 Å². The van der Waals surface area contributed by atoms with Crippen LogP contribution >= 0.6 is 0 Å². The van der Waals surface area contributed by atoms with E-state index in [2.05, 4.69) is 5.32 Å². The number of halogens is 2. The van der Waals surface area contributed by atoms with E-state index in [4.69, 9.17) is 0 Å². The van der Waals surface area contributed by atoms with Gasteiger partial charge in [-0.1, -0.05) is 17.7 Å². The summed E-state index contributed by atoms with van der Waals surface area (Å²) in [5, 5.41) is 2.70. The minimum absolute atomic E-state index is 0.0173. The first kappa shape index (κ1) is 13.0. The standard InChI is InChI=1S/C13H16F2N2O/c1-10-2-4-11(5-3-10)16-12(18)8-17-7-6-13(14,15)9-17/h2-5H,6-9H2,1H3,(H,16,18). The van der Waals surface area contributed by atoms with E-state index in [-0.39, 0.29) is 32.0 Å². The molecule has 1 saturated heterocycles. The summed E-state index contributed by atoms with van der Waals surface area (Å²) in [5.41, 5.74) is 1.80. The number of anilines is 1. The van der Waals surface area contributed by atoms with Crippen molar-refractivity contribution >= 4 is 11.6 Å². The molecule has 1 fully saturated rings. The first-order valence-electron chi connectivity index (χ1n) is 5.91. The van der Waals surface area contributed by atoms with E-state index in [1.54, 1.807) is 12.1 Å². The molecule has 0 radical (unpaired) electrons. The second kappa shape index (κ2) is 5.02. The molecular weight excluding hydrogens is 238 g/mol. The van der Waals surface area contributed by atoms with Gasteiger partial charge in [-0.2, -0.15) is 0 Å². The van der Waals surface area contributed by atoms with Crippen LogP contribution in [0.1, 0.15) is 12.0 Å². The predicted molar refractivity (Wildman–Crippen MR) is 65.8 cm³/mol. The molecular formula is C13H16F2N2O. The van der Waals surface area contributed by atoms with Crippen LogP contribution in [0.5, 0.6) is 0 Å². The van der Waals surface area contributed by atoms with Crippen LogP contribution in [0.2, 0.25) is 0 Å². The molecule has 0 aromatic heterocycles. The predicted octanol–water partition coefficient (Wildman–Crippen LogP) is 2.27. The number of rotatable bonds is 3. The lowest BCUT2D eigenvalue weighted by molar-refractivity contribution is -0.117. The average molecular weight is 254 g/mol. The second-order valence-electron chi connectivity index (χ2n) is 4.73. The van der Waals surface area contributed by atoms with E-state index in [0.29, 0.717) is 5.69 Å². The van der Waals surface area contributed by atoms with Gasteiger partial charge in [0.1, 0.15) is 0 Å². The Kier molecular flexibility index (Phi) is 3.61. The van der Waals surface area contributed by atoms with Crippen LogP contribution in [0.15, 0.2) is 24.3 Å². The number of benzene rings is 1. The Morgan fingerprint density at radius 1 is 1.39 bits per heavy atom. The van der Waals surface area contributed by atoms with Crippen molar-refractivity contribution in [2.45, 2.75) is 19.3 Å². The average Bonchev–Trinajstić information content (AvgIpc) is 2.61. The van der Waals surface area contributed by atoms with Crippen LogP contribution in [-0.4, -0.2) is 36.4 Å². The largest absolute Gasteiger partial charge is 0.325 e. The van der Waals surface area contributed by atoms with Crippen molar-refractivity contribution in [1.82, 2.24) is 4.90 Å². The van der Waals surface area contributed by atoms with Gasteiger partial charge in [0.15, 0.2) is 0 Å². The van der Waals surface area contributed by atoms with Gasteiger partial charge < -0.3 is 5.32 Å². The third-order valence-corrected chi connectivity index (χ3v) is 2.95. The van der Waals surface area contributed by atoms with Crippen LogP contribution in [0.25, 0.3) is 0 Å². The molecule has 18 heavy (non-hydrogen) atoms. The van der Waals surface area contributed by atoms with Crippen molar-refractivity contribution in [3.05, 3.63) is 29.8 Å². The number of likely N-dealkylation sites (tertiary alicyclic amines) is 1. The fraction of sp³-hybridized carbons (Fsp3) is 0.462. The number of alkyl halides is 2. The smallest absolute Gasteiger partial charge is 0.261 e. The molecule has 98 valence electrons.